The lowest BCUT2D eigenvalue weighted by molar-refractivity contribution is -0.133. The molecule has 0 bridgehead atoms. The maximum atomic E-state index is 12.2. The molecule has 2 saturated heterocycles. The highest BCUT2D eigenvalue weighted by molar-refractivity contribution is 7.80. The number of benzene rings is 2. The van der Waals surface area contributed by atoms with E-state index in [1.165, 1.54) is 12.4 Å². The second-order valence-electron chi connectivity index (χ2n) is 9.19. The molecule has 2 aromatic carbocycles. The zero-order valence-corrected chi connectivity index (χ0v) is 24.4. The fraction of sp³-hybridized carbons (Fsp3) is 0.286. The first kappa shape index (κ1) is 30.4. The van der Waals surface area contributed by atoms with Crippen LogP contribution >= 0.6 is 24.4 Å². The third-order valence-electron chi connectivity index (χ3n) is 5.98. The molecule has 2 aliphatic heterocycles. The predicted octanol–water partition coefficient (Wildman–Crippen LogP) is 2.63. The molecule has 2 fully saturated rings. The van der Waals surface area contributed by atoms with Crippen molar-refractivity contribution in [2.75, 3.05) is 13.2 Å². The highest BCUT2D eigenvalue weighted by Crippen LogP contribution is 2.37. The number of aliphatic imine (C=N–C) groups is 2. The molecule has 0 unspecified atom stereocenters. The van der Waals surface area contributed by atoms with E-state index in [0.29, 0.717) is 36.1 Å². The van der Waals surface area contributed by atoms with Crippen molar-refractivity contribution in [1.29, 1.82) is 0 Å². The molecule has 0 spiro atoms. The molecule has 218 valence electrons. The third kappa shape index (κ3) is 7.39. The Morgan fingerprint density at radius 2 is 1.02 bits per heavy atom. The number of rotatable bonds is 11. The summed E-state index contributed by atoms with van der Waals surface area (Å²) in [6.45, 7) is 4.79. The Hall–Kier alpha value is -4.56. The van der Waals surface area contributed by atoms with Gasteiger partial charge < -0.3 is 30.7 Å². The van der Waals surface area contributed by atoms with E-state index >= 15 is 0 Å². The maximum Gasteiger partial charge on any atom is 0.244 e. The lowest BCUT2D eigenvalue weighted by Crippen LogP contribution is -2.56. The third-order valence-corrected chi connectivity index (χ3v) is 6.39. The van der Waals surface area contributed by atoms with Gasteiger partial charge in [0, 0.05) is 12.4 Å². The molecule has 0 atom stereocenters. The van der Waals surface area contributed by atoms with E-state index in [1.54, 1.807) is 24.3 Å². The minimum Gasteiger partial charge on any atom is -0.491 e. The summed E-state index contributed by atoms with van der Waals surface area (Å²) in [5, 5.41) is 9.54. The number of amides is 4. The molecular formula is C28H28N6O6S2. The van der Waals surface area contributed by atoms with Crippen molar-refractivity contribution < 1.29 is 28.7 Å². The van der Waals surface area contributed by atoms with Gasteiger partial charge in [-0.05, 0) is 72.7 Å². The summed E-state index contributed by atoms with van der Waals surface area (Å²) in [7, 11) is 0. The Morgan fingerprint density at radius 3 is 1.36 bits per heavy atom. The molecule has 0 aliphatic carbocycles. The Bertz CT molecular complexity index is 1360. The Balaban J connectivity index is 1.62. The van der Waals surface area contributed by atoms with E-state index in [4.69, 9.17) is 33.9 Å². The van der Waals surface area contributed by atoms with Crippen molar-refractivity contribution in [3.8, 4) is 22.6 Å². The first-order valence-corrected chi connectivity index (χ1v) is 14.0. The zero-order valence-electron chi connectivity index (χ0n) is 22.8. The molecule has 12 nitrogen and oxygen atoms in total. The monoisotopic (exact) mass is 608 g/mol. The minimum atomic E-state index is -1.14. The lowest BCUT2D eigenvalue weighted by Gasteiger charge is -2.19. The van der Waals surface area contributed by atoms with Gasteiger partial charge in [0.25, 0.3) is 0 Å². The van der Waals surface area contributed by atoms with Crippen molar-refractivity contribution in [2.24, 2.45) is 21.8 Å². The second kappa shape index (κ2) is 13.9. The molecule has 0 saturated carbocycles. The summed E-state index contributed by atoms with van der Waals surface area (Å²) in [6, 6.07) is 10.7. The summed E-state index contributed by atoms with van der Waals surface area (Å²) in [5.41, 5.74) is 2.45. The van der Waals surface area contributed by atoms with Crippen LogP contribution in [0.25, 0.3) is 11.1 Å². The first-order valence-electron chi connectivity index (χ1n) is 13.1. The van der Waals surface area contributed by atoms with Crippen LogP contribution in [-0.2, 0) is 19.2 Å². The van der Waals surface area contributed by atoms with Crippen LogP contribution in [0.3, 0.4) is 0 Å². The predicted molar refractivity (Wildman–Crippen MR) is 165 cm³/mol. The number of hydrogen-bond acceptors (Lipinski definition) is 10. The first-order chi connectivity index (χ1) is 20.2. The van der Waals surface area contributed by atoms with E-state index in [1.807, 2.05) is 26.0 Å². The number of carbonyl (C=O) groups excluding carboxylic acids is 4. The minimum absolute atomic E-state index is 0.0420. The van der Waals surface area contributed by atoms with Gasteiger partial charge in [-0.15, -0.1) is 0 Å². The molecule has 14 heteroatoms. The molecule has 4 N–H and O–H groups in total. The molecule has 42 heavy (non-hydrogen) atoms. The van der Waals surface area contributed by atoms with Gasteiger partial charge in [0.2, 0.25) is 23.6 Å². The molecule has 2 aromatic rings. The summed E-state index contributed by atoms with van der Waals surface area (Å²) in [6.07, 6.45) is 4.01. The van der Waals surface area contributed by atoms with E-state index in [0.717, 1.165) is 24.0 Å². The van der Waals surface area contributed by atoms with Crippen molar-refractivity contribution >= 4 is 82.1 Å². The molecule has 2 aliphatic rings. The van der Waals surface area contributed by atoms with Gasteiger partial charge in [0.15, 0.2) is 22.1 Å². The molecule has 4 rings (SSSR count). The fourth-order valence-electron chi connectivity index (χ4n) is 3.90. The smallest absolute Gasteiger partial charge is 0.244 e. The van der Waals surface area contributed by atoms with Crippen molar-refractivity contribution in [3.63, 3.8) is 0 Å². The van der Waals surface area contributed by atoms with Crippen LogP contribution < -0.4 is 30.7 Å². The van der Waals surface area contributed by atoms with E-state index in [2.05, 4.69) is 31.3 Å². The van der Waals surface area contributed by atoms with Gasteiger partial charge >= 0.3 is 0 Å². The van der Waals surface area contributed by atoms with Crippen molar-refractivity contribution in [1.82, 2.24) is 21.3 Å². The Labute approximate surface area is 252 Å². The Morgan fingerprint density at radius 1 is 0.667 bits per heavy atom. The number of nitrogens with zero attached hydrogens (tertiary/aromatic N) is 2. The quantitative estimate of drug-likeness (QED) is 0.172. The maximum absolute atomic E-state index is 12.2. The molecule has 0 aromatic heterocycles. The van der Waals surface area contributed by atoms with Gasteiger partial charge in [-0.3, -0.25) is 29.2 Å². The SMILES string of the molecule is CCCOc1cc(-c2ccc(N=CC3C(=O)NC(=S)NC3=O)c(OCCC)c2)ccc1N=CC1C(=O)NC(=S)NC1=O. The average Bonchev–Trinajstić information content (AvgIpc) is 2.94. The van der Waals surface area contributed by atoms with E-state index in [-0.39, 0.29) is 10.2 Å². The normalized spacial score (nSPS) is 16.4. The lowest BCUT2D eigenvalue weighted by atomic mass is 10.0. The average molecular weight is 609 g/mol. The van der Waals surface area contributed by atoms with Crippen LogP contribution in [0.1, 0.15) is 26.7 Å². The van der Waals surface area contributed by atoms with Crippen LogP contribution in [-0.4, -0.2) is 59.5 Å². The van der Waals surface area contributed by atoms with Gasteiger partial charge in [-0.25, -0.2) is 0 Å². The zero-order chi connectivity index (χ0) is 30.2. The van der Waals surface area contributed by atoms with Crippen LogP contribution in [0.5, 0.6) is 11.5 Å². The second-order valence-corrected chi connectivity index (χ2v) is 10.0. The van der Waals surface area contributed by atoms with Crippen LogP contribution in [0, 0.1) is 11.8 Å². The molecular weight excluding hydrogens is 580 g/mol. The molecule has 4 amide bonds. The Kier molecular flexibility index (Phi) is 10.0. The van der Waals surface area contributed by atoms with Crippen LogP contribution in [0.4, 0.5) is 11.4 Å². The van der Waals surface area contributed by atoms with Crippen molar-refractivity contribution in [3.05, 3.63) is 36.4 Å². The summed E-state index contributed by atoms with van der Waals surface area (Å²) in [4.78, 5) is 57.5. The standard InChI is InChI=1S/C28H28N6O6S2/c1-3-9-39-21-11-15(5-7-19(21)29-13-17-23(35)31-27(41)32-24(17)36)16-6-8-20(22(12-16)40-10-4-2)30-14-18-25(37)33-28(42)34-26(18)38/h5-8,11-14,17-18H,3-4,9-10H2,1-2H3,(H2,31,32,35,36,41)(H2,33,34,37,38,42). The number of carbonyl (C=O) groups is 4. The number of hydrogen-bond donors (Lipinski definition) is 4. The van der Waals surface area contributed by atoms with E-state index in [9.17, 15) is 19.2 Å². The van der Waals surface area contributed by atoms with Crippen LogP contribution in [0.15, 0.2) is 46.4 Å². The molecule has 0 radical (unpaired) electrons. The number of nitrogens with one attached hydrogen (secondary N) is 4. The summed E-state index contributed by atoms with van der Waals surface area (Å²) in [5.74, 6) is -3.59. The number of ether oxygens (including phenoxy) is 2. The van der Waals surface area contributed by atoms with E-state index < -0.39 is 35.5 Å². The summed E-state index contributed by atoms with van der Waals surface area (Å²) < 4.78 is 11.9. The van der Waals surface area contributed by atoms with Gasteiger partial charge in [-0.2, -0.15) is 0 Å². The highest BCUT2D eigenvalue weighted by atomic mass is 32.1. The molecule has 2 heterocycles. The van der Waals surface area contributed by atoms with Gasteiger partial charge in [-0.1, -0.05) is 26.0 Å². The largest absolute Gasteiger partial charge is 0.491 e. The van der Waals surface area contributed by atoms with Crippen molar-refractivity contribution in [2.45, 2.75) is 26.7 Å². The topological polar surface area (TPSA) is 160 Å². The summed E-state index contributed by atoms with van der Waals surface area (Å²) >= 11 is 9.67. The van der Waals surface area contributed by atoms with Crippen LogP contribution in [0.2, 0.25) is 0 Å². The van der Waals surface area contributed by atoms with Gasteiger partial charge in [0.05, 0.1) is 13.2 Å². The highest BCUT2D eigenvalue weighted by Gasteiger charge is 2.32. The fourth-order valence-corrected chi connectivity index (χ4v) is 4.30. The number of thiocarbonyl (C=S) groups is 2. The van der Waals surface area contributed by atoms with Gasteiger partial charge in [0.1, 0.15) is 22.9 Å².